The van der Waals surface area contributed by atoms with Crippen molar-refractivity contribution in [1.82, 2.24) is 4.98 Å². The second-order valence-electron chi connectivity index (χ2n) is 5.13. The van der Waals surface area contributed by atoms with Crippen LogP contribution in [0.1, 0.15) is 11.1 Å². The number of pyridine rings is 1. The van der Waals surface area contributed by atoms with Crippen molar-refractivity contribution in [2.45, 2.75) is 13.8 Å². The van der Waals surface area contributed by atoms with Crippen LogP contribution in [0.5, 0.6) is 0 Å². The first-order valence-electron chi connectivity index (χ1n) is 6.73. The molecule has 0 aliphatic rings. The summed E-state index contributed by atoms with van der Waals surface area (Å²) >= 11 is 5.96. The highest BCUT2D eigenvalue weighted by molar-refractivity contribution is 6.30. The molecule has 1 heterocycles. The minimum atomic E-state index is 0.665. The number of fused-ring (bicyclic) bond motifs is 1. The molecule has 2 aromatic carbocycles. The lowest BCUT2D eigenvalue weighted by atomic mass is 10.00. The fourth-order valence-electron chi connectivity index (χ4n) is 2.49. The van der Waals surface area contributed by atoms with Gasteiger partial charge in [0.25, 0.3) is 0 Å². The molecule has 0 radical (unpaired) electrons. The Balaban J connectivity index is 2.31. The van der Waals surface area contributed by atoms with Crippen molar-refractivity contribution in [3.8, 4) is 11.1 Å². The molecular formula is C17H16ClN3. The number of nitrogen functional groups attached to an aromatic ring is 1. The van der Waals surface area contributed by atoms with Crippen LogP contribution in [-0.2, 0) is 0 Å². The Hall–Kier alpha value is -2.10. The maximum Gasteiger partial charge on any atom is 0.148 e. The zero-order chi connectivity index (χ0) is 15.0. The molecule has 0 saturated heterocycles. The summed E-state index contributed by atoms with van der Waals surface area (Å²) < 4.78 is 0. The first kappa shape index (κ1) is 13.9. The summed E-state index contributed by atoms with van der Waals surface area (Å²) in [7, 11) is 0. The molecule has 0 fully saturated rings. The van der Waals surface area contributed by atoms with E-state index >= 15 is 0 Å². The zero-order valence-corrected chi connectivity index (χ0v) is 12.7. The molecule has 21 heavy (non-hydrogen) atoms. The van der Waals surface area contributed by atoms with Crippen LogP contribution >= 0.6 is 11.6 Å². The molecule has 0 saturated carbocycles. The summed E-state index contributed by atoms with van der Waals surface area (Å²) in [6.45, 7) is 4.14. The highest BCUT2D eigenvalue weighted by atomic mass is 35.5. The molecular weight excluding hydrogens is 282 g/mol. The van der Waals surface area contributed by atoms with Crippen molar-refractivity contribution in [2.75, 3.05) is 5.43 Å². The van der Waals surface area contributed by atoms with Gasteiger partial charge in [0.05, 0.1) is 5.52 Å². The van der Waals surface area contributed by atoms with Gasteiger partial charge in [-0.2, -0.15) is 0 Å². The summed E-state index contributed by atoms with van der Waals surface area (Å²) in [5.41, 5.74) is 8.00. The van der Waals surface area contributed by atoms with Gasteiger partial charge in [-0.15, -0.1) is 0 Å². The molecule has 0 spiro atoms. The summed E-state index contributed by atoms with van der Waals surface area (Å²) in [6.07, 6.45) is 0. The third-order valence-corrected chi connectivity index (χ3v) is 3.95. The minimum absolute atomic E-state index is 0.665. The lowest BCUT2D eigenvalue weighted by Crippen LogP contribution is -2.10. The highest BCUT2D eigenvalue weighted by Gasteiger charge is 2.11. The van der Waals surface area contributed by atoms with Gasteiger partial charge in [0.1, 0.15) is 5.82 Å². The summed E-state index contributed by atoms with van der Waals surface area (Å²) in [4.78, 5) is 4.68. The monoisotopic (exact) mass is 297 g/mol. The minimum Gasteiger partial charge on any atom is -0.308 e. The number of aryl methyl sites for hydroxylation is 2. The summed E-state index contributed by atoms with van der Waals surface area (Å²) in [5, 5.41) is 1.85. The molecule has 3 nitrogen and oxygen atoms in total. The third-order valence-electron chi connectivity index (χ3n) is 3.70. The van der Waals surface area contributed by atoms with Crippen LogP contribution in [0.3, 0.4) is 0 Å². The van der Waals surface area contributed by atoms with Crippen LogP contribution in [0.25, 0.3) is 22.0 Å². The Bertz CT molecular complexity index is 810. The van der Waals surface area contributed by atoms with Crippen LogP contribution in [0, 0.1) is 13.8 Å². The van der Waals surface area contributed by atoms with Crippen LogP contribution in [-0.4, -0.2) is 4.98 Å². The van der Waals surface area contributed by atoms with Crippen LogP contribution < -0.4 is 11.3 Å². The molecule has 3 N–H and O–H groups in total. The molecule has 4 heteroatoms. The number of aromatic nitrogens is 1. The topological polar surface area (TPSA) is 50.9 Å². The van der Waals surface area contributed by atoms with E-state index in [1.807, 2.05) is 24.3 Å². The molecule has 106 valence electrons. The Morgan fingerprint density at radius 3 is 2.33 bits per heavy atom. The van der Waals surface area contributed by atoms with E-state index in [0.717, 1.165) is 27.6 Å². The largest absolute Gasteiger partial charge is 0.308 e. The van der Waals surface area contributed by atoms with Gasteiger partial charge in [-0.1, -0.05) is 35.9 Å². The normalized spacial score (nSPS) is 10.9. The SMILES string of the molecule is Cc1ccc(C)c2nc(NN)c(-c3ccc(Cl)cc3)cc12. The van der Waals surface area contributed by atoms with Crippen molar-refractivity contribution in [3.63, 3.8) is 0 Å². The molecule has 3 rings (SSSR count). The fourth-order valence-corrected chi connectivity index (χ4v) is 2.62. The Morgan fingerprint density at radius 1 is 1.00 bits per heavy atom. The predicted octanol–water partition coefficient (Wildman–Crippen LogP) is 4.46. The van der Waals surface area contributed by atoms with E-state index < -0.39 is 0 Å². The lowest BCUT2D eigenvalue weighted by Gasteiger charge is -2.13. The Kier molecular flexibility index (Phi) is 3.53. The standard InChI is InChI=1S/C17H16ClN3/c1-10-3-4-11(2)16-14(10)9-15(17(20-16)21-19)12-5-7-13(18)8-6-12/h3-9H,19H2,1-2H3,(H,20,21). The van der Waals surface area contributed by atoms with Crippen LogP contribution in [0.2, 0.25) is 5.02 Å². The van der Waals surface area contributed by atoms with Gasteiger partial charge in [0.2, 0.25) is 0 Å². The van der Waals surface area contributed by atoms with Crippen LogP contribution in [0.15, 0.2) is 42.5 Å². The number of nitrogens with zero attached hydrogens (tertiary/aromatic N) is 1. The van der Waals surface area contributed by atoms with E-state index in [9.17, 15) is 0 Å². The zero-order valence-electron chi connectivity index (χ0n) is 11.9. The van der Waals surface area contributed by atoms with Gasteiger partial charge in [-0.3, -0.25) is 0 Å². The van der Waals surface area contributed by atoms with Crippen molar-refractivity contribution in [2.24, 2.45) is 5.84 Å². The number of benzene rings is 2. The predicted molar refractivity (Wildman–Crippen MR) is 89.5 cm³/mol. The lowest BCUT2D eigenvalue weighted by molar-refractivity contribution is 1.25. The fraction of sp³-hybridized carbons (Fsp3) is 0.118. The van der Waals surface area contributed by atoms with Crippen molar-refractivity contribution < 1.29 is 0 Å². The Labute approximate surface area is 128 Å². The van der Waals surface area contributed by atoms with E-state index in [-0.39, 0.29) is 0 Å². The van der Waals surface area contributed by atoms with Gasteiger partial charge in [-0.05, 0) is 48.7 Å². The number of hydrogen-bond donors (Lipinski definition) is 2. The molecule has 3 aromatic rings. The number of nitrogens with two attached hydrogens (primary N) is 1. The second kappa shape index (κ2) is 5.35. The summed E-state index contributed by atoms with van der Waals surface area (Å²) in [5.74, 6) is 6.32. The maximum absolute atomic E-state index is 5.96. The van der Waals surface area contributed by atoms with Crippen LogP contribution in [0.4, 0.5) is 5.82 Å². The van der Waals surface area contributed by atoms with E-state index in [2.05, 4.69) is 42.5 Å². The third kappa shape index (κ3) is 2.46. The van der Waals surface area contributed by atoms with E-state index in [0.29, 0.717) is 10.8 Å². The maximum atomic E-state index is 5.96. The average molecular weight is 298 g/mol. The van der Waals surface area contributed by atoms with Gasteiger partial charge < -0.3 is 5.43 Å². The molecule has 0 aliphatic carbocycles. The first-order chi connectivity index (χ1) is 10.1. The number of rotatable bonds is 2. The van der Waals surface area contributed by atoms with Gasteiger partial charge in [-0.25, -0.2) is 10.8 Å². The molecule has 0 unspecified atom stereocenters. The highest BCUT2D eigenvalue weighted by Crippen LogP contribution is 2.32. The second-order valence-corrected chi connectivity index (χ2v) is 5.57. The number of anilines is 1. The van der Waals surface area contributed by atoms with Gasteiger partial charge in [0.15, 0.2) is 0 Å². The molecule has 0 amide bonds. The number of hydrogen-bond acceptors (Lipinski definition) is 3. The van der Waals surface area contributed by atoms with E-state index in [1.54, 1.807) is 0 Å². The molecule has 0 bridgehead atoms. The average Bonchev–Trinajstić information content (AvgIpc) is 2.51. The van der Waals surface area contributed by atoms with Crippen molar-refractivity contribution in [1.29, 1.82) is 0 Å². The Morgan fingerprint density at radius 2 is 1.67 bits per heavy atom. The molecule has 0 atom stereocenters. The molecule has 0 aliphatic heterocycles. The summed E-state index contributed by atoms with van der Waals surface area (Å²) in [6, 6.07) is 14.0. The van der Waals surface area contributed by atoms with Crippen molar-refractivity contribution >= 4 is 28.3 Å². The van der Waals surface area contributed by atoms with E-state index in [1.165, 1.54) is 5.56 Å². The number of hydrazine groups is 1. The smallest absolute Gasteiger partial charge is 0.148 e. The first-order valence-corrected chi connectivity index (χ1v) is 7.11. The number of halogens is 1. The number of nitrogens with one attached hydrogen (secondary N) is 1. The molecule has 1 aromatic heterocycles. The van der Waals surface area contributed by atoms with Gasteiger partial charge in [0, 0.05) is 16.0 Å². The quantitative estimate of drug-likeness (QED) is 0.542. The van der Waals surface area contributed by atoms with Gasteiger partial charge >= 0.3 is 0 Å². The van der Waals surface area contributed by atoms with Crippen molar-refractivity contribution in [3.05, 3.63) is 58.6 Å². The van der Waals surface area contributed by atoms with E-state index in [4.69, 9.17) is 17.4 Å².